The number of ether oxygens (including phenoxy) is 3. The predicted octanol–water partition coefficient (Wildman–Crippen LogP) is 4.22. The number of fused-ring (bicyclic) bond motifs is 1. The highest BCUT2D eigenvalue weighted by molar-refractivity contribution is 6.01. The molecule has 0 bridgehead atoms. The summed E-state index contributed by atoms with van der Waals surface area (Å²) in [5, 5.41) is 12.1. The highest BCUT2D eigenvalue weighted by Crippen LogP contribution is 2.32. The first-order valence-corrected chi connectivity index (χ1v) is 9.76. The van der Waals surface area contributed by atoms with Gasteiger partial charge in [0.15, 0.2) is 11.5 Å². The third kappa shape index (κ3) is 5.22. The van der Waals surface area contributed by atoms with Crippen molar-refractivity contribution >= 4 is 12.0 Å². The predicted molar refractivity (Wildman–Crippen MR) is 115 cm³/mol. The monoisotopic (exact) mass is 412 g/mol. The highest BCUT2D eigenvalue weighted by atomic mass is 16.7. The van der Waals surface area contributed by atoms with Crippen LogP contribution in [0.3, 0.4) is 0 Å². The molecule has 0 spiro atoms. The Labute approximate surface area is 180 Å². The summed E-state index contributed by atoms with van der Waals surface area (Å²) in [4.78, 5) is 12.3. The summed E-state index contributed by atoms with van der Waals surface area (Å²) < 4.78 is 16.5. The molecule has 31 heavy (non-hydrogen) atoms. The molecule has 0 saturated heterocycles. The molecule has 3 aromatic carbocycles. The Morgan fingerprint density at radius 3 is 2.55 bits per heavy atom. The lowest BCUT2D eigenvalue weighted by atomic mass is 10.1. The van der Waals surface area contributed by atoms with Gasteiger partial charge in [0.05, 0.1) is 0 Å². The van der Waals surface area contributed by atoms with Gasteiger partial charge < -0.3 is 19.5 Å². The van der Waals surface area contributed by atoms with Crippen LogP contribution in [0.2, 0.25) is 0 Å². The van der Waals surface area contributed by atoms with E-state index in [1.54, 1.807) is 30.3 Å². The molecule has 6 nitrogen and oxygen atoms in total. The number of hydrogen-bond acceptors (Lipinski definition) is 5. The van der Waals surface area contributed by atoms with Gasteiger partial charge in [-0.15, -0.1) is 0 Å². The van der Waals surface area contributed by atoms with Crippen LogP contribution in [0.1, 0.15) is 16.7 Å². The summed E-state index contributed by atoms with van der Waals surface area (Å²) in [6.45, 7) is 0.992. The molecule has 0 radical (unpaired) electrons. The van der Waals surface area contributed by atoms with Crippen molar-refractivity contribution in [2.45, 2.75) is 13.2 Å². The summed E-state index contributed by atoms with van der Waals surface area (Å²) in [6.07, 6.45) is 1.56. The number of amides is 1. The second-order valence-corrected chi connectivity index (χ2v) is 6.88. The Balaban J connectivity index is 1.34. The largest absolute Gasteiger partial charge is 0.489 e. The topological polar surface area (TPSA) is 80.6 Å². The van der Waals surface area contributed by atoms with Crippen LogP contribution < -0.4 is 19.5 Å². The van der Waals surface area contributed by atoms with E-state index in [0.717, 1.165) is 28.2 Å². The van der Waals surface area contributed by atoms with Crippen molar-refractivity contribution in [2.24, 2.45) is 0 Å². The van der Waals surface area contributed by atoms with Crippen LogP contribution in [0, 0.1) is 11.3 Å². The zero-order chi connectivity index (χ0) is 21.5. The first-order valence-electron chi connectivity index (χ1n) is 9.76. The van der Waals surface area contributed by atoms with Crippen molar-refractivity contribution in [3.05, 3.63) is 95.1 Å². The van der Waals surface area contributed by atoms with Gasteiger partial charge in [0.25, 0.3) is 5.91 Å². The summed E-state index contributed by atoms with van der Waals surface area (Å²) in [5.74, 6) is 1.73. The minimum Gasteiger partial charge on any atom is -0.489 e. The molecule has 1 N–H and O–H groups in total. The van der Waals surface area contributed by atoms with Gasteiger partial charge in [0, 0.05) is 6.54 Å². The fraction of sp³-hybridized carbons (Fsp3) is 0.120. The Morgan fingerprint density at radius 1 is 1.00 bits per heavy atom. The standard InChI is InChI=1S/C25H20N2O4/c26-14-21(25(28)27-15-19-4-2-1-3-5-19)12-18-6-9-22(10-7-18)29-16-20-8-11-23-24(13-20)31-17-30-23/h1-13H,15-17H2,(H,27,28)/b21-12-. The van der Waals surface area contributed by atoms with Crippen LogP contribution in [0.15, 0.2) is 78.4 Å². The lowest BCUT2D eigenvalue weighted by Gasteiger charge is -2.08. The molecule has 0 unspecified atom stereocenters. The van der Waals surface area contributed by atoms with Gasteiger partial charge in [-0.2, -0.15) is 5.26 Å². The Morgan fingerprint density at radius 2 is 1.77 bits per heavy atom. The quantitative estimate of drug-likeness (QED) is 0.464. The van der Waals surface area contributed by atoms with Crippen LogP contribution in [0.4, 0.5) is 0 Å². The van der Waals surface area contributed by atoms with E-state index in [9.17, 15) is 10.1 Å². The Kier molecular flexibility index (Phi) is 6.15. The van der Waals surface area contributed by atoms with E-state index in [-0.39, 0.29) is 12.4 Å². The molecule has 154 valence electrons. The van der Waals surface area contributed by atoms with Crippen molar-refractivity contribution in [2.75, 3.05) is 6.79 Å². The third-order valence-electron chi connectivity index (χ3n) is 4.69. The maximum atomic E-state index is 12.3. The van der Waals surface area contributed by atoms with Crippen LogP contribution >= 0.6 is 0 Å². The number of hydrogen-bond donors (Lipinski definition) is 1. The lowest BCUT2D eigenvalue weighted by molar-refractivity contribution is -0.117. The molecule has 1 heterocycles. The molecule has 1 amide bonds. The van der Waals surface area contributed by atoms with E-state index in [0.29, 0.717) is 18.9 Å². The van der Waals surface area contributed by atoms with E-state index in [4.69, 9.17) is 14.2 Å². The van der Waals surface area contributed by atoms with Gasteiger partial charge in [0.2, 0.25) is 6.79 Å². The molecule has 6 heteroatoms. The summed E-state index contributed by atoms with van der Waals surface area (Å²) in [6, 6.07) is 24.4. The SMILES string of the molecule is N#C/C(=C/c1ccc(OCc2ccc3c(c2)OCO3)cc1)C(=O)NCc1ccccc1. The molecular weight excluding hydrogens is 392 g/mol. The van der Waals surface area contributed by atoms with Crippen LogP contribution in [0.25, 0.3) is 6.08 Å². The first kappa shape index (κ1) is 20.0. The van der Waals surface area contributed by atoms with Gasteiger partial charge in [-0.05, 0) is 47.0 Å². The zero-order valence-corrected chi connectivity index (χ0v) is 16.7. The lowest BCUT2D eigenvalue weighted by Crippen LogP contribution is -2.23. The van der Waals surface area contributed by atoms with Gasteiger partial charge in [-0.25, -0.2) is 0 Å². The van der Waals surface area contributed by atoms with Gasteiger partial charge in [-0.1, -0.05) is 48.5 Å². The fourth-order valence-corrected chi connectivity index (χ4v) is 3.05. The molecule has 4 rings (SSSR count). The van der Waals surface area contributed by atoms with E-state index in [2.05, 4.69) is 5.32 Å². The normalized spacial score (nSPS) is 12.2. The molecule has 0 aromatic heterocycles. The summed E-state index contributed by atoms with van der Waals surface area (Å²) in [5.41, 5.74) is 2.72. The van der Waals surface area contributed by atoms with Crippen LogP contribution in [-0.4, -0.2) is 12.7 Å². The molecule has 0 fully saturated rings. The molecule has 0 atom stereocenters. The van der Waals surface area contributed by atoms with Crippen molar-refractivity contribution in [1.82, 2.24) is 5.32 Å². The minimum absolute atomic E-state index is 0.0463. The van der Waals surface area contributed by atoms with E-state index < -0.39 is 5.91 Å². The first-order chi connectivity index (χ1) is 15.2. The molecular formula is C25H20N2O4. The number of carbonyl (C=O) groups excluding carboxylic acids is 1. The van der Waals surface area contributed by atoms with E-state index in [1.165, 1.54) is 0 Å². The van der Waals surface area contributed by atoms with Crippen molar-refractivity contribution < 1.29 is 19.0 Å². The summed E-state index contributed by atoms with van der Waals surface area (Å²) >= 11 is 0. The minimum atomic E-state index is -0.408. The van der Waals surface area contributed by atoms with Crippen LogP contribution in [-0.2, 0) is 17.9 Å². The molecule has 3 aromatic rings. The number of nitriles is 1. The second-order valence-electron chi connectivity index (χ2n) is 6.88. The van der Waals surface area contributed by atoms with Crippen molar-refractivity contribution in [3.8, 4) is 23.3 Å². The third-order valence-corrected chi connectivity index (χ3v) is 4.69. The maximum Gasteiger partial charge on any atom is 0.262 e. The van der Waals surface area contributed by atoms with Gasteiger partial charge >= 0.3 is 0 Å². The maximum absolute atomic E-state index is 12.3. The van der Waals surface area contributed by atoms with Crippen LogP contribution in [0.5, 0.6) is 17.2 Å². The number of rotatable bonds is 7. The van der Waals surface area contributed by atoms with E-state index >= 15 is 0 Å². The van der Waals surface area contributed by atoms with Gasteiger partial charge in [0.1, 0.15) is 24.0 Å². The smallest absolute Gasteiger partial charge is 0.262 e. The van der Waals surface area contributed by atoms with Crippen molar-refractivity contribution in [3.63, 3.8) is 0 Å². The molecule has 1 aliphatic heterocycles. The van der Waals surface area contributed by atoms with E-state index in [1.807, 2.05) is 54.6 Å². The molecule has 0 saturated carbocycles. The Hall–Kier alpha value is -4.24. The second kappa shape index (κ2) is 9.51. The summed E-state index contributed by atoms with van der Waals surface area (Å²) in [7, 11) is 0. The average Bonchev–Trinajstić information content (AvgIpc) is 3.29. The van der Waals surface area contributed by atoms with Gasteiger partial charge in [-0.3, -0.25) is 4.79 Å². The number of nitrogens with zero attached hydrogens (tertiary/aromatic N) is 1. The molecule has 0 aliphatic carbocycles. The zero-order valence-electron chi connectivity index (χ0n) is 16.7. The molecule has 1 aliphatic rings. The number of benzene rings is 3. The Bertz CT molecular complexity index is 1130. The average molecular weight is 412 g/mol. The number of nitrogens with one attached hydrogen (secondary N) is 1. The number of carbonyl (C=O) groups is 1. The highest BCUT2D eigenvalue weighted by Gasteiger charge is 2.13. The fourth-order valence-electron chi connectivity index (χ4n) is 3.05. The van der Waals surface area contributed by atoms with Crippen molar-refractivity contribution in [1.29, 1.82) is 5.26 Å².